The molecule has 22 heavy (non-hydrogen) atoms. The molecule has 1 aromatic rings. The van der Waals surface area contributed by atoms with Gasteiger partial charge in [0.1, 0.15) is 6.10 Å². The maximum atomic E-state index is 11.7. The van der Waals surface area contributed by atoms with Gasteiger partial charge in [0.25, 0.3) is 11.8 Å². The fraction of sp³-hybridized carbons (Fsp3) is 0.562. The Balaban J connectivity index is 1.77. The van der Waals surface area contributed by atoms with Gasteiger partial charge in [0.2, 0.25) is 5.91 Å². The van der Waals surface area contributed by atoms with Crippen LogP contribution in [0.1, 0.15) is 38.5 Å². The smallest absolute Gasteiger partial charge is 0.278 e. The van der Waals surface area contributed by atoms with Gasteiger partial charge >= 0.3 is 0 Å². The van der Waals surface area contributed by atoms with Crippen molar-refractivity contribution in [2.24, 2.45) is 0 Å². The Kier molecular flexibility index (Phi) is 6.18. The number of amides is 1. The van der Waals surface area contributed by atoms with Crippen LogP contribution in [0.2, 0.25) is 0 Å². The number of carbonyl (C=O) groups excluding carboxylic acids is 1. The molecule has 0 saturated heterocycles. The molecule has 0 spiro atoms. The standard InChI is InChI=1S/C16H23N3O3/c1-3-4-5-14(20)19-12-6-8-13(9-7-12)22-16-15(21-2)17-10-11-18-16/h3,10-13H,1,4-9H2,2H3,(H,19,20). The molecule has 0 atom stereocenters. The fourth-order valence-corrected chi connectivity index (χ4v) is 2.55. The second kappa shape index (κ2) is 8.36. The average molecular weight is 305 g/mol. The van der Waals surface area contributed by atoms with Crippen LogP contribution >= 0.6 is 0 Å². The lowest BCUT2D eigenvalue weighted by Crippen LogP contribution is -2.39. The summed E-state index contributed by atoms with van der Waals surface area (Å²) in [5, 5.41) is 3.07. The van der Waals surface area contributed by atoms with Crippen molar-refractivity contribution in [3.63, 3.8) is 0 Å². The second-order valence-corrected chi connectivity index (χ2v) is 5.36. The van der Waals surface area contributed by atoms with Gasteiger partial charge in [0.05, 0.1) is 7.11 Å². The molecule has 6 nitrogen and oxygen atoms in total. The first-order valence-electron chi connectivity index (χ1n) is 7.64. The minimum atomic E-state index is 0.0897. The van der Waals surface area contributed by atoms with Crippen LogP contribution in [0.25, 0.3) is 0 Å². The van der Waals surface area contributed by atoms with Crippen molar-refractivity contribution in [2.75, 3.05) is 7.11 Å². The highest BCUT2D eigenvalue weighted by Crippen LogP contribution is 2.27. The average Bonchev–Trinajstić information content (AvgIpc) is 2.55. The Bertz CT molecular complexity index is 499. The summed E-state index contributed by atoms with van der Waals surface area (Å²) >= 11 is 0. The maximum absolute atomic E-state index is 11.7. The van der Waals surface area contributed by atoms with E-state index in [0.29, 0.717) is 18.2 Å². The Morgan fingerprint density at radius 2 is 2.00 bits per heavy atom. The number of ether oxygens (including phenoxy) is 2. The van der Waals surface area contributed by atoms with Crippen LogP contribution in [0.15, 0.2) is 25.0 Å². The molecule has 120 valence electrons. The monoisotopic (exact) mass is 305 g/mol. The van der Waals surface area contributed by atoms with Crippen molar-refractivity contribution < 1.29 is 14.3 Å². The predicted molar refractivity (Wildman–Crippen MR) is 82.8 cm³/mol. The molecule has 0 aromatic carbocycles. The summed E-state index contributed by atoms with van der Waals surface area (Å²) in [5.74, 6) is 0.936. The molecule has 0 radical (unpaired) electrons. The minimum Gasteiger partial charge on any atom is -0.477 e. The zero-order valence-corrected chi connectivity index (χ0v) is 13.0. The molecule has 1 saturated carbocycles. The van der Waals surface area contributed by atoms with Crippen LogP contribution in [0, 0.1) is 0 Å². The third kappa shape index (κ3) is 4.72. The van der Waals surface area contributed by atoms with E-state index in [-0.39, 0.29) is 18.1 Å². The van der Waals surface area contributed by atoms with Crippen molar-refractivity contribution >= 4 is 5.91 Å². The fourth-order valence-electron chi connectivity index (χ4n) is 2.55. The van der Waals surface area contributed by atoms with Gasteiger partial charge < -0.3 is 14.8 Å². The molecule has 0 aliphatic heterocycles. The van der Waals surface area contributed by atoms with Gasteiger partial charge in [-0.05, 0) is 32.1 Å². The first-order chi connectivity index (χ1) is 10.7. The number of carbonyl (C=O) groups is 1. The number of nitrogens with one attached hydrogen (secondary N) is 1. The van der Waals surface area contributed by atoms with Gasteiger partial charge in [-0.1, -0.05) is 6.08 Å². The van der Waals surface area contributed by atoms with Gasteiger partial charge in [-0.2, -0.15) is 0 Å². The Morgan fingerprint density at radius 1 is 1.32 bits per heavy atom. The third-order valence-corrected chi connectivity index (χ3v) is 3.72. The molecule has 1 aromatic heterocycles. The molecule has 0 unspecified atom stereocenters. The highest BCUT2D eigenvalue weighted by molar-refractivity contribution is 5.76. The van der Waals surface area contributed by atoms with E-state index in [0.717, 1.165) is 32.1 Å². The van der Waals surface area contributed by atoms with Crippen molar-refractivity contribution in [3.8, 4) is 11.8 Å². The van der Waals surface area contributed by atoms with Gasteiger partial charge in [0, 0.05) is 24.9 Å². The molecule has 1 heterocycles. The topological polar surface area (TPSA) is 73.3 Å². The minimum absolute atomic E-state index is 0.0897. The van der Waals surface area contributed by atoms with E-state index in [1.807, 2.05) is 0 Å². The summed E-state index contributed by atoms with van der Waals surface area (Å²) in [7, 11) is 1.55. The van der Waals surface area contributed by atoms with Crippen LogP contribution < -0.4 is 14.8 Å². The van der Waals surface area contributed by atoms with Gasteiger partial charge in [-0.25, -0.2) is 9.97 Å². The molecule has 1 fully saturated rings. The lowest BCUT2D eigenvalue weighted by Gasteiger charge is -2.29. The number of methoxy groups -OCH3 is 1. The van der Waals surface area contributed by atoms with Crippen LogP contribution in [0.4, 0.5) is 0 Å². The number of aromatic nitrogens is 2. The summed E-state index contributed by atoms with van der Waals surface area (Å²) in [6.07, 6.45) is 9.82. The summed E-state index contributed by atoms with van der Waals surface area (Å²) in [5.41, 5.74) is 0. The Morgan fingerprint density at radius 3 is 2.64 bits per heavy atom. The van der Waals surface area contributed by atoms with Crippen LogP contribution in [-0.2, 0) is 4.79 Å². The number of hydrogen-bond acceptors (Lipinski definition) is 5. The molecule has 2 rings (SSSR count). The summed E-state index contributed by atoms with van der Waals surface area (Å²) in [6.45, 7) is 3.63. The van der Waals surface area contributed by atoms with Crippen LogP contribution in [-0.4, -0.2) is 35.1 Å². The number of rotatable bonds is 7. The lowest BCUT2D eigenvalue weighted by atomic mass is 9.93. The number of nitrogens with zero attached hydrogens (tertiary/aromatic N) is 2. The zero-order valence-electron chi connectivity index (χ0n) is 13.0. The molecule has 1 amide bonds. The van der Waals surface area contributed by atoms with Crippen molar-refractivity contribution in [1.29, 1.82) is 0 Å². The van der Waals surface area contributed by atoms with Crippen LogP contribution in [0.5, 0.6) is 11.8 Å². The predicted octanol–water partition coefficient (Wildman–Crippen LogP) is 2.26. The van der Waals surface area contributed by atoms with E-state index >= 15 is 0 Å². The van der Waals surface area contributed by atoms with Gasteiger partial charge in [-0.15, -0.1) is 6.58 Å². The quantitative estimate of drug-likeness (QED) is 0.782. The molecule has 0 bridgehead atoms. The van der Waals surface area contributed by atoms with E-state index in [4.69, 9.17) is 9.47 Å². The molecule has 6 heteroatoms. The van der Waals surface area contributed by atoms with Gasteiger partial charge in [0.15, 0.2) is 0 Å². The Hall–Kier alpha value is -2.11. The van der Waals surface area contributed by atoms with E-state index in [2.05, 4.69) is 21.9 Å². The van der Waals surface area contributed by atoms with Gasteiger partial charge in [-0.3, -0.25) is 4.79 Å². The molecule has 1 aliphatic rings. The van der Waals surface area contributed by atoms with Crippen molar-refractivity contribution in [2.45, 2.75) is 50.7 Å². The summed E-state index contributed by atoms with van der Waals surface area (Å²) < 4.78 is 11.0. The second-order valence-electron chi connectivity index (χ2n) is 5.36. The largest absolute Gasteiger partial charge is 0.477 e. The highest BCUT2D eigenvalue weighted by Gasteiger charge is 2.24. The van der Waals surface area contributed by atoms with Crippen molar-refractivity contribution in [1.82, 2.24) is 15.3 Å². The number of hydrogen-bond donors (Lipinski definition) is 1. The Labute approximate surface area is 130 Å². The molecule has 1 aliphatic carbocycles. The molecular weight excluding hydrogens is 282 g/mol. The lowest BCUT2D eigenvalue weighted by molar-refractivity contribution is -0.122. The van der Waals surface area contributed by atoms with E-state index in [1.54, 1.807) is 25.6 Å². The van der Waals surface area contributed by atoms with Crippen molar-refractivity contribution in [3.05, 3.63) is 25.0 Å². The SMILES string of the molecule is C=CCCC(=O)NC1CCC(Oc2nccnc2OC)CC1. The zero-order chi connectivity index (χ0) is 15.8. The first kappa shape index (κ1) is 16.3. The molecule has 1 N–H and O–H groups in total. The first-order valence-corrected chi connectivity index (χ1v) is 7.64. The summed E-state index contributed by atoms with van der Waals surface area (Å²) in [4.78, 5) is 19.9. The van der Waals surface area contributed by atoms with E-state index in [1.165, 1.54) is 0 Å². The third-order valence-electron chi connectivity index (χ3n) is 3.72. The maximum Gasteiger partial charge on any atom is 0.278 e. The normalized spacial score (nSPS) is 21.0. The molecular formula is C16H23N3O3. The summed E-state index contributed by atoms with van der Waals surface area (Å²) in [6, 6.07) is 0.237. The van der Waals surface area contributed by atoms with E-state index in [9.17, 15) is 4.79 Å². The van der Waals surface area contributed by atoms with E-state index < -0.39 is 0 Å². The highest BCUT2D eigenvalue weighted by atomic mass is 16.5. The number of allylic oxidation sites excluding steroid dienone is 1. The van der Waals surface area contributed by atoms with Crippen LogP contribution in [0.3, 0.4) is 0 Å².